The molecule has 108 valence electrons. The molecule has 0 aliphatic rings. The minimum absolute atomic E-state index is 0.182. The van der Waals surface area contributed by atoms with Crippen molar-refractivity contribution >= 4 is 43.1 Å². The van der Waals surface area contributed by atoms with Gasteiger partial charge in [-0.05, 0) is 41.1 Å². The Bertz CT molecular complexity index is 771. The van der Waals surface area contributed by atoms with E-state index in [9.17, 15) is 8.42 Å². The molecule has 5 nitrogen and oxygen atoms in total. The van der Waals surface area contributed by atoms with Gasteiger partial charge >= 0.3 is 0 Å². The van der Waals surface area contributed by atoms with Gasteiger partial charge < -0.3 is 5.73 Å². The molecule has 2 aromatic rings. The third-order valence-electron chi connectivity index (χ3n) is 2.88. The summed E-state index contributed by atoms with van der Waals surface area (Å²) in [5.41, 5.74) is 7.18. The molecule has 0 amide bonds. The van der Waals surface area contributed by atoms with Crippen molar-refractivity contribution in [3.63, 3.8) is 0 Å². The number of nitrogen functional groups attached to an aromatic ring is 1. The Morgan fingerprint density at radius 3 is 2.60 bits per heavy atom. The molecule has 0 aliphatic heterocycles. The molecule has 2 N–H and O–H groups in total. The standard InChI is InChI=1S/C12H13BrClN3O2S/c1-7-12(14)10(17(2)16-7)6-20(18,19)11-4-3-8(15)5-9(11)13/h3-5H,6,15H2,1-2H3. The average molecular weight is 379 g/mol. The summed E-state index contributed by atoms with van der Waals surface area (Å²) in [6, 6.07) is 4.59. The highest BCUT2D eigenvalue weighted by Crippen LogP contribution is 2.29. The highest BCUT2D eigenvalue weighted by atomic mass is 79.9. The third-order valence-corrected chi connectivity index (χ3v) is 5.97. The van der Waals surface area contributed by atoms with E-state index in [0.717, 1.165) is 0 Å². The topological polar surface area (TPSA) is 78.0 Å². The maximum atomic E-state index is 12.5. The Morgan fingerprint density at radius 1 is 1.45 bits per heavy atom. The predicted molar refractivity (Wildman–Crippen MR) is 82.4 cm³/mol. The highest BCUT2D eigenvalue weighted by Gasteiger charge is 2.23. The van der Waals surface area contributed by atoms with E-state index in [4.69, 9.17) is 17.3 Å². The van der Waals surface area contributed by atoms with Gasteiger partial charge in [0.1, 0.15) is 0 Å². The van der Waals surface area contributed by atoms with Gasteiger partial charge in [-0.25, -0.2) is 8.42 Å². The average Bonchev–Trinajstić information content (AvgIpc) is 2.55. The van der Waals surface area contributed by atoms with E-state index in [2.05, 4.69) is 21.0 Å². The van der Waals surface area contributed by atoms with Crippen LogP contribution in [0.1, 0.15) is 11.4 Å². The van der Waals surface area contributed by atoms with Crippen molar-refractivity contribution in [1.29, 1.82) is 0 Å². The smallest absolute Gasteiger partial charge is 0.185 e. The molecule has 0 radical (unpaired) electrons. The highest BCUT2D eigenvalue weighted by molar-refractivity contribution is 9.10. The van der Waals surface area contributed by atoms with Crippen LogP contribution in [0.15, 0.2) is 27.6 Å². The van der Waals surface area contributed by atoms with Gasteiger partial charge in [0.15, 0.2) is 9.84 Å². The van der Waals surface area contributed by atoms with E-state index >= 15 is 0 Å². The summed E-state index contributed by atoms with van der Waals surface area (Å²) in [6.45, 7) is 1.73. The van der Waals surface area contributed by atoms with Gasteiger partial charge in [0, 0.05) is 17.2 Å². The fourth-order valence-electron chi connectivity index (χ4n) is 1.86. The number of nitrogens with zero attached hydrogens (tertiary/aromatic N) is 2. The lowest BCUT2D eigenvalue weighted by molar-refractivity contribution is 0.591. The minimum atomic E-state index is -3.54. The zero-order chi connectivity index (χ0) is 15.1. The maximum Gasteiger partial charge on any atom is 0.185 e. The van der Waals surface area contributed by atoms with Crippen LogP contribution in [0.25, 0.3) is 0 Å². The van der Waals surface area contributed by atoms with E-state index in [1.54, 1.807) is 26.1 Å². The number of hydrogen-bond donors (Lipinski definition) is 1. The summed E-state index contributed by atoms with van der Waals surface area (Å²) in [5.74, 6) is -0.217. The van der Waals surface area contributed by atoms with Gasteiger partial charge in [-0.2, -0.15) is 5.10 Å². The molecule has 2 rings (SSSR count). The number of rotatable bonds is 3. The summed E-state index contributed by atoms with van der Waals surface area (Å²) >= 11 is 9.32. The minimum Gasteiger partial charge on any atom is -0.399 e. The molecule has 1 aromatic heterocycles. The predicted octanol–water partition coefficient (Wildman–Crippen LogP) is 2.70. The van der Waals surface area contributed by atoms with Crippen LogP contribution in [-0.2, 0) is 22.6 Å². The van der Waals surface area contributed by atoms with Crippen molar-refractivity contribution in [1.82, 2.24) is 9.78 Å². The molecule has 8 heteroatoms. The molecule has 0 aliphatic carbocycles. The monoisotopic (exact) mass is 377 g/mol. The van der Waals surface area contributed by atoms with Crippen molar-refractivity contribution in [3.05, 3.63) is 39.1 Å². The molecule has 20 heavy (non-hydrogen) atoms. The van der Waals surface area contributed by atoms with Gasteiger partial charge in [0.05, 0.1) is 27.1 Å². The second-order valence-electron chi connectivity index (χ2n) is 4.42. The van der Waals surface area contributed by atoms with Gasteiger partial charge in [-0.15, -0.1) is 0 Å². The second kappa shape index (κ2) is 5.38. The number of aryl methyl sites for hydroxylation is 2. The Hall–Kier alpha value is -1.05. The molecule has 0 bridgehead atoms. The SMILES string of the molecule is Cc1nn(C)c(CS(=O)(=O)c2ccc(N)cc2Br)c1Cl. The summed E-state index contributed by atoms with van der Waals surface area (Å²) in [6.07, 6.45) is 0. The van der Waals surface area contributed by atoms with Gasteiger partial charge in [0.25, 0.3) is 0 Å². The number of halogens is 2. The molecule has 0 unspecified atom stereocenters. The third kappa shape index (κ3) is 2.84. The number of sulfone groups is 1. The Kier molecular flexibility index (Phi) is 4.13. The van der Waals surface area contributed by atoms with Crippen molar-refractivity contribution < 1.29 is 8.42 Å². The molecule has 0 fully saturated rings. The largest absolute Gasteiger partial charge is 0.399 e. The van der Waals surface area contributed by atoms with Crippen LogP contribution in [0, 0.1) is 6.92 Å². The normalized spacial score (nSPS) is 11.8. The van der Waals surface area contributed by atoms with Gasteiger partial charge in [-0.3, -0.25) is 4.68 Å². The molecule has 1 aromatic carbocycles. The van der Waals surface area contributed by atoms with Crippen LogP contribution in [-0.4, -0.2) is 18.2 Å². The number of hydrogen-bond acceptors (Lipinski definition) is 4. The van der Waals surface area contributed by atoms with Crippen LogP contribution in [0.2, 0.25) is 5.02 Å². The molecular weight excluding hydrogens is 366 g/mol. The summed E-state index contributed by atoms with van der Waals surface area (Å²) in [5, 5.41) is 4.49. The summed E-state index contributed by atoms with van der Waals surface area (Å²) in [4.78, 5) is 0.182. The van der Waals surface area contributed by atoms with Crippen LogP contribution >= 0.6 is 27.5 Å². The fraction of sp³-hybridized carbons (Fsp3) is 0.250. The second-order valence-corrected chi connectivity index (χ2v) is 7.61. The number of aromatic nitrogens is 2. The number of anilines is 1. The zero-order valence-corrected chi connectivity index (χ0v) is 14.1. The first-order valence-electron chi connectivity index (χ1n) is 5.68. The molecule has 0 saturated heterocycles. The quantitative estimate of drug-likeness (QED) is 0.833. The maximum absolute atomic E-state index is 12.5. The van der Waals surface area contributed by atoms with E-state index in [1.807, 2.05) is 0 Å². The lowest BCUT2D eigenvalue weighted by atomic mass is 10.3. The van der Waals surface area contributed by atoms with Crippen molar-refractivity contribution in [3.8, 4) is 0 Å². The summed E-state index contributed by atoms with van der Waals surface area (Å²) < 4.78 is 26.9. The Labute approximate surface area is 130 Å². The fourth-order valence-corrected chi connectivity index (χ4v) is 4.78. The lowest BCUT2D eigenvalue weighted by Gasteiger charge is -2.08. The first-order chi connectivity index (χ1) is 9.22. The molecule has 0 atom stereocenters. The molecule has 1 heterocycles. The van der Waals surface area contributed by atoms with E-state index in [0.29, 0.717) is 26.6 Å². The first-order valence-corrected chi connectivity index (χ1v) is 8.50. The van der Waals surface area contributed by atoms with E-state index in [1.165, 1.54) is 10.7 Å². The van der Waals surface area contributed by atoms with E-state index in [-0.39, 0.29) is 10.6 Å². The van der Waals surface area contributed by atoms with E-state index < -0.39 is 9.84 Å². The van der Waals surface area contributed by atoms with Gasteiger partial charge in [0.2, 0.25) is 0 Å². The van der Waals surface area contributed by atoms with Crippen LogP contribution in [0.5, 0.6) is 0 Å². The first kappa shape index (κ1) is 15.3. The molecule has 0 saturated carbocycles. The number of nitrogens with two attached hydrogens (primary N) is 1. The molecular formula is C12H13BrClN3O2S. The number of benzene rings is 1. The van der Waals surface area contributed by atoms with Gasteiger partial charge in [-0.1, -0.05) is 11.6 Å². The Morgan fingerprint density at radius 2 is 2.10 bits per heavy atom. The summed E-state index contributed by atoms with van der Waals surface area (Å²) in [7, 11) is -1.87. The zero-order valence-electron chi connectivity index (χ0n) is 10.9. The van der Waals surface area contributed by atoms with Crippen molar-refractivity contribution in [2.75, 3.05) is 5.73 Å². The lowest BCUT2D eigenvalue weighted by Crippen LogP contribution is -2.10. The van der Waals surface area contributed by atoms with Crippen LogP contribution in [0.3, 0.4) is 0 Å². The van der Waals surface area contributed by atoms with Crippen molar-refractivity contribution in [2.24, 2.45) is 7.05 Å². The van der Waals surface area contributed by atoms with Crippen LogP contribution in [0.4, 0.5) is 5.69 Å². The van der Waals surface area contributed by atoms with Crippen LogP contribution < -0.4 is 5.73 Å². The Balaban J connectivity index is 2.46. The van der Waals surface area contributed by atoms with Crippen molar-refractivity contribution in [2.45, 2.75) is 17.6 Å². The molecule has 0 spiro atoms.